The van der Waals surface area contributed by atoms with Gasteiger partial charge in [0, 0.05) is 30.8 Å². The molecule has 0 saturated heterocycles. The van der Waals surface area contributed by atoms with Crippen LogP contribution in [0, 0.1) is 11.3 Å². The van der Waals surface area contributed by atoms with Crippen molar-refractivity contribution in [2.24, 2.45) is 0 Å². The second-order valence-electron chi connectivity index (χ2n) is 8.89. The first-order valence-electron chi connectivity index (χ1n) is 12.5. The van der Waals surface area contributed by atoms with Gasteiger partial charge < -0.3 is 5.11 Å². The summed E-state index contributed by atoms with van der Waals surface area (Å²) in [6.07, 6.45) is 4.71. The molecule has 5 nitrogen and oxygen atoms in total. The molecule has 40 heavy (non-hydrogen) atoms. The predicted octanol–water partition coefficient (Wildman–Crippen LogP) is 8.70. The highest BCUT2D eigenvalue weighted by molar-refractivity contribution is 7.24. The van der Waals surface area contributed by atoms with Crippen LogP contribution < -0.4 is 0 Å². The Morgan fingerprint density at radius 2 is 1.48 bits per heavy atom. The van der Waals surface area contributed by atoms with Crippen molar-refractivity contribution in [2.75, 3.05) is 0 Å². The van der Waals surface area contributed by atoms with Gasteiger partial charge in [-0.15, -0.1) is 22.7 Å². The van der Waals surface area contributed by atoms with E-state index in [0.29, 0.717) is 0 Å². The third-order valence-electron chi connectivity index (χ3n) is 6.35. The van der Waals surface area contributed by atoms with Crippen LogP contribution in [0.2, 0.25) is 0 Å². The predicted molar refractivity (Wildman–Crippen MR) is 163 cm³/mol. The van der Waals surface area contributed by atoms with E-state index in [9.17, 15) is 4.79 Å². The quantitative estimate of drug-likeness (QED) is 0.121. The number of imidazole rings is 1. The fourth-order valence-electron chi connectivity index (χ4n) is 4.44. The van der Waals surface area contributed by atoms with Gasteiger partial charge in [0.1, 0.15) is 17.5 Å². The molecule has 3 heterocycles. The summed E-state index contributed by atoms with van der Waals surface area (Å²) in [6.45, 7) is 0. The maximum atomic E-state index is 11.0. The summed E-state index contributed by atoms with van der Waals surface area (Å²) < 4.78 is 2.20. The van der Waals surface area contributed by atoms with Crippen LogP contribution >= 0.6 is 22.7 Å². The first kappa shape index (κ1) is 25.3. The highest BCUT2D eigenvalue weighted by Gasteiger charge is 2.14. The van der Waals surface area contributed by atoms with E-state index in [1.165, 1.54) is 11.0 Å². The van der Waals surface area contributed by atoms with Crippen LogP contribution in [-0.4, -0.2) is 20.6 Å². The molecule has 0 aliphatic rings. The molecule has 0 unspecified atom stereocenters. The zero-order valence-electron chi connectivity index (χ0n) is 21.1. The standard InChI is InChI=1S/C33H21N3O2S2/c34-21-24(33(37)38)7-6-10-26-17-18-30(39-26)31-20-19-29(40-31)22-13-15-23(16-14-22)32-35-27-11-4-5-12-28(27)36(32)25-8-2-1-3-9-25/h1-20H,(H,37,38)/b10-6+,24-7-. The van der Waals surface area contributed by atoms with Crippen LogP contribution in [0.15, 0.2) is 121 Å². The van der Waals surface area contributed by atoms with Crippen molar-refractivity contribution in [1.29, 1.82) is 5.26 Å². The number of carbonyl (C=O) groups is 1. The van der Waals surface area contributed by atoms with Gasteiger partial charge in [-0.05, 0) is 66.2 Å². The van der Waals surface area contributed by atoms with E-state index >= 15 is 0 Å². The average Bonchev–Trinajstić information content (AvgIpc) is 3.74. The van der Waals surface area contributed by atoms with E-state index < -0.39 is 5.97 Å². The maximum absolute atomic E-state index is 11.0. The molecule has 1 N–H and O–H groups in total. The molecule has 0 aliphatic carbocycles. The van der Waals surface area contributed by atoms with Gasteiger partial charge in [-0.3, -0.25) is 4.57 Å². The summed E-state index contributed by atoms with van der Waals surface area (Å²) in [4.78, 5) is 20.4. The summed E-state index contributed by atoms with van der Waals surface area (Å²) in [5.41, 5.74) is 5.01. The van der Waals surface area contributed by atoms with Gasteiger partial charge in [0.25, 0.3) is 0 Å². The number of para-hydroxylation sites is 3. The van der Waals surface area contributed by atoms with Crippen molar-refractivity contribution >= 4 is 45.8 Å². The summed E-state index contributed by atoms with van der Waals surface area (Å²) >= 11 is 3.34. The third-order valence-corrected chi connectivity index (χ3v) is 8.73. The van der Waals surface area contributed by atoms with Gasteiger partial charge in [-0.25, -0.2) is 9.78 Å². The normalized spacial score (nSPS) is 11.7. The van der Waals surface area contributed by atoms with Crippen molar-refractivity contribution in [1.82, 2.24) is 9.55 Å². The smallest absolute Gasteiger partial charge is 0.346 e. The molecule has 0 fully saturated rings. The van der Waals surface area contributed by atoms with Gasteiger partial charge >= 0.3 is 5.97 Å². The molecule has 0 spiro atoms. The average molecular weight is 556 g/mol. The fraction of sp³-hybridized carbons (Fsp3) is 0. The molecule has 3 aromatic heterocycles. The van der Waals surface area contributed by atoms with Crippen molar-refractivity contribution in [3.05, 3.63) is 126 Å². The molecular weight excluding hydrogens is 535 g/mol. The first-order valence-corrected chi connectivity index (χ1v) is 14.1. The topological polar surface area (TPSA) is 78.9 Å². The number of aliphatic carboxylic acids is 1. The number of rotatable bonds is 7. The molecule has 7 heteroatoms. The Morgan fingerprint density at radius 3 is 2.25 bits per heavy atom. The van der Waals surface area contributed by atoms with Crippen LogP contribution in [0.1, 0.15) is 4.88 Å². The zero-order valence-corrected chi connectivity index (χ0v) is 22.7. The van der Waals surface area contributed by atoms with Gasteiger partial charge in [0.2, 0.25) is 0 Å². The summed E-state index contributed by atoms with van der Waals surface area (Å²) in [5.74, 6) is -0.321. The number of carboxylic acids is 1. The van der Waals surface area contributed by atoms with Gasteiger partial charge in [-0.1, -0.05) is 60.7 Å². The number of hydrogen-bond acceptors (Lipinski definition) is 5. The van der Waals surface area contributed by atoms with Crippen LogP contribution in [0.4, 0.5) is 0 Å². The highest BCUT2D eigenvalue weighted by atomic mass is 32.1. The SMILES string of the molecule is N#C/C(=C/C=C/c1ccc(-c2ccc(-c3ccc(-c4nc5ccccc5n4-c4ccccc4)cc3)s2)s1)C(=O)O. The number of thiophene rings is 2. The van der Waals surface area contributed by atoms with E-state index in [1.54, 1.807) is 34.8 Å². The molecule has 0 atom stereocenters. The Hall–Kier alpha value is -5.03. The Labute approximate surface area is 238 Å². The van der Waals surface area contributed by atoms with E-state index in [1.807, 2.05) is 48.5 Å². The summed E-state index contributed by atoms with van der Waals surface area (Å²) in [5, 5.41) is 17.8. The Balaban J connectivity index is 1.26. The molecule has 0 aliphatic heterocycles. The lowest BCUT2D eigenvalue weighted by Gasteiger charge is -2.10. The molecule has 0 bridgehead atoms. The minimum Gasteiger partial charge on any atom is -0.477 e. The van der Waals surface area contributed by atoms with Crippen LogP contribution in [0.3, 0.4) is 0 Å². The molecule has 6 rings (SSSR count). The maximum Gasteiger partial charge on any atom is 0.346 e. The second kappa shape index (κ2) is 11.0. The monoisotopic (exact) mass is 555 g/mol. The van der Waals surface area contributed by atoms with Gasteiger partial charge in [-0.2, -0.15) is 5.26 Å². The van der Waals surface area contributed by atoms with Crippen molar-refractivity contribution in [3.8, 4) is 43.3 Å². The fourth-order valence-corrected chi connectivity index (χ4v) is 6.46. The lowest BCUT2D eigenvalue weighted by molar-refractivity contribution is -0.132. The summed E-state index contributed by atoms with van der Waals surface area (Å²) in [6, 6.07) is 37.0. The van der Waals surface area contributed by atoms with Crippen molar-refractivity contribution in [2.45, 2.75) is 0 Å². The van der Waals surface area contributed by atoms with Crippen molar-refractivity contribution in [3.63, 3.8) is 0 Å². The van der Waals surface area contributed by atoms with E-state index in [0.717, 1.165) is 48.3 Å². The van der Waals surface area contributed by atoms with Crippen LogP contribution in [0.5, 0.6) is 0 Å². The minimum atomic E-state index is -1.23. The third kappa shape index (κ3) is 5.02. The van der Waals surface area contributed by atoms with E-state index in [2.05, 4.69) is 65.2 Å². The Kier molecular flexibility index (Phi) is 6.94. The molecule has 0 saturated carbocycles. The zero-order chi connectivity index (χ0) is 27.5. The minimum absolute atomic E-state index is 0.292. The first-order chi connectivity index (χ1) is 19.6. The number of allylic oxidation sites excluding steroid dienone is 2. The molecule has 0 amide bonds. The van der Waals surface area contributed by atoms with Gasteiger partial charge in [0.15, 0.2) is 0 Å². The molecule has 0 radical (unpaired) electrons. The number of nitrogens with zero attached hydrogens (tertiary/aromatic N) is 3. The molecule has 3 aromatic carbocycles. The molecule has 6 aromatic rings. The number of fused-ring (bicyclic) bond motifs is 1. The molecular formula is C33H21N3O2S2. The molecule has 192 valence electrons. The highest BCUT2D eigenvalue weighted by Crippen LogP contribution is 2.39. The van der Waals surface area contributed by atoms with E-state index in [4.69, 9.17) is 15.4 Å². The number of nitriles is 1. The Bertz CT molecular complexity index is 1940. The van der Waals surface area contributed by atoms with Crippen molar-refractivity contribution < 1.29 is 9.90 Å². The largest absolute Gasteiger partial charge is 0.477 e. The number of aromatic nitrogens is 2. The number of carboxylic acid groups (broad SMARTS) is 1. The van der Waals surface area contributed by atoms with Crippen LogP contribution in [-0.2, 0) is 4.79 Å². The number of hydrogen-bond donors (Lipinski definition) is 1. The van der Waals surface area contributed by atoms with Crippen LogP contribution in [0.25, 0.3) is 54.4 Å². The summed E-state index contributed by atoms with van der Waals surface area (Å²) in [7, 11) is 0. The lowest BCUT2D eigenvalue weighted by atomic mass is 10.1. The number of benzene rings is 3. The lowest BCUT2D eigenvalue weighted by Crippen LogP contribution is -1.97. The van der Waals surface area contributed by atoms with E-state index in [-0.39, 0.29) is 5.57 Å². The Morgan fingerprint density at radius 1 is 0.800 bits per heavy atom. The second-order valence-corrected chi connectivity index (χ2v) is 11.1. The van der Waals surface area contributed by atoms with Gasteiger partial charge in [0.05, 0.1) is 11.0 Å².